The van der Waals surface area contributed by atoms with Crippen molar-refractivity contribution in [2.75, 3.05) is 33.5 Å². The maximum absolute atomic E-state index is 12.1. The Bertz CT molecular complexity index is 173. The van der Waals surface area contributed by atoms with Crippen LogP contribution in [0.2, 0.25) is 0 Å². The number of amides is 1. The van der Waals surface area contributed by atoms with Gasteiger partial charge < -0.3 is 9.64 Å². The number of rotatable bonds is 3. The van der Waals surface area contributed by atoms with Gasteiger partial charge in [0.2, 0.25) is 0 Å². The number of halogens is 1. The third-order valence-corrected chi connectivity index (χ3v) is 2.39. The highest BCUT2D eigenvalue weighted by Gasteiger charge is 2.22. The number of alkyl halides is 1. The molecule has 3 nitrogen and oxygen atoms in total. The molecular formula is C9H16FNO2. The normalized spacial score (nSPS) is 23.2. The lowest BCUT2D eigenvalue weighted by Crippen LogP contribution is -2.41. The summed E-state index contributed by atoms with van der Waals surface area (Å²) in [5.41, 5.74) is 0. The molecule has 76 valence electrons. The molecule has 0 N–H and O–H groups in total. The summed E-state index contributed by atoms with van der Waals surface area (Å²) in [6.45, 7) is 1.13. The number of ether oxygens (including phenoxy) is 1. The topological polar surface area (TPSA) is 29.5 Å². The summed E-state index contributed by atoms with van der Waals surface area (Å²) in [5, 5.41) is 0. The second-order valence-electron chi connectivity index (χ2n) is 3.44. The molecule has 1 amide bonds. The molecule has 1 fully saturated rings. The Kier molecular flexibility index (Phi) is 4.15. The third kappa shape index (κ3) is 2.95. The van der Waals surface area contributed by atoms with E-state index in [4.69, 9.17) is 4.74 Å². The lowest BCUT2D eigenvalue weighted by Gasteiger charge is -2.31. The first kappa shape index (κ1) is 10.4. The zero-order valence-corrected chi connectivity index (χ0v) is 7.96. The smallest absolute Gasteiger partial charge is 0.253 e. The zero-order chi connectivity index (χ0) is 9.68. The van der Waals surface area contributed by atoms with Crippen molar-refractivity contribution < 1.29 is 13.9 Å². The molecule has 0 aliphatic carbocycles. The van der Waals surface area contributed by atoms with E-state index in [1.54, 1.807) is 12.0 Å². The first-order valence-corrected chi connectivity index (χ1v) is 4.60. The Hall–Kier alpha value is -0.640. The van der Waals surface area contributed by atoms with Crippen molar-refractivity contribution >= 4 is 5.91 Å². The molecule has 4 heteroatoms. The molecule has 0 bridgehead atoms. The number of likely N-dealkylation sites (tertiary alicyclic amines) is 1. The van der Waals surface area contributed by atoms with Crippen molar-refractivity contribution in [2.45, 2.75) is 12.8 Å². The summed E-state index contributed by atoms with van der Waals surface area (Å²) < 4.78 is 17.1. The van der Waals surface area contributed by atoms with Crippen molar-refractivity contribution in [1.82, 2.24) is 4.90 Å². The summed E-state index contributed by atoms with van der Waals surface area (Å²) in [5.74, 6) is -0.00458. The highest BCUT2D eigenvalue weighted by Crippen LogP contribution is 2.16. The monoisotopic (exact) mass is 189 g/mol. The minimum Gasteiger partial charge on any atom is -0.384 e. The van der Waals surface area contributed by atoms with Gasteiger partial charge in [-0.05, 0) is 18.8 Å². The average molecular weight is 189 g/mol. The largest absolute Gasteiger partial charge is 0.384 e. The minimum atomic E-state index is -0.875. The molecule has 1 aliphatic rings. The number of hydrogen-bond donors (Lipinski definition) is 0. The maximum Gasteiger partial charge on any atom is 0.253 e. The summed E-state index contributed by atoms with van der Waals surface area (Å²) >= 11 is 0. The predicted octanol–water partition coefficient (Wildman–Crippen LogP) is 0.841. The van der Waals surface area contributed by atoms with Crippen molar-refractivity contribution in [3.8, 4) is 0 Å². The van der Waals surface area contributed by atoms with Crippen LogP contribution in [0.1, 0.15) is 12.8 Å². The fourth-order valence-corrected chi connectivity index (χ4v) is 1.75. The SMILES string of the molecule is COCC1CCCN(C(=O)CF)C1. The third-order valence-electron chi connectivity index (χ3n) is 2.39. The van der Waals surface area contributed by atoms with Crippen molar-refractivity contribution in [3.05, 3.63) is 0 Å². The summed E-state index contributed by atoms with van der Waals surface area (Å²) in [4.78, 5) is 12.6. The highest BCUT2D eigenvalue weighted by atomic mass is 19.1. The molecule has 1 saturated heterocycles. The van der Waals surface area contributed by atoms with Crippen LogP contribution in [-0.4, -0.2) is 44.3 Å². The first-order valence-electron chi connectivity index (χ1n) is 4.60. The van der Waals surface area contributed by atoms with E-state index in [2.05, 4.69) is 0 Å². The summed E-state index contributed by atoms with van der Waals surface area (Å²) in [7, 11) is 1.65. The van der Waals surface area contributed by atoms with Crippen LogP contribution < -0.4 is 0 Å². The second-order valence-corrected chi connectivity index (χ2v) is 3.44. The Labute approximate surface area is 77.9 Å². The molecule has 1 atom stereocenters. The molecule has 0 spiro atoms. The molecule has 1 heterocycles. The lowest BCUT2D eigenvalue weighted by molar-refractivity contribution is -0.134. The quantitative estimate of drug-likeness (QED) is 0.658. The molecular weight excluding hydrogens is 173 g/mol. The fraction of sp³-hybridized carbons (Fsp3) is 0.889. The van der Waals surface area contributed by atoms with E-state index < -0.39 is 6.67 Å². The summed E-state index contributed by atoms with van der Waals surface area (Å²) in [6, 6.07) is 0. The van der Waals surface area contributed by atoms with E-state index in [9.17, 15) is 9.18 Å². The molecule has 1 unspecified atom stereocenters. The minimum absolute atomic E-state index is 0.384. The molecule has 1 aliphatic heterocycles. The number of piperidine rings is 1. The van der Waals surface area contributed by atoms with Gasteiger partial charge in [-0.15, -0.1) is 0 Å². The van der Waals surface area contributed by atoms with E-state index in [1.165, 1.54) is 0 Å². The average Bonchev–Trinajstić information content (AvgIpc) is 2.18. The van der Waals surface area contributed by atoms with E-state index in [1.807, 2.05) is 0 Å². The Balaban J connectivity index is 2.37. The van der Waals surface area contributed by atoms with Crippen LogP contribution in [0.25, 0.3) is 0 Å². The number of hydrogen-bond acceptors (Lipinski definition) is 2. The van der Waals surface area contributed by atoms with Crippen molar-refractivity contribution in [2.24, 2.45) is 5.92 Å². The van der Waals surface area contributed by atoms with Crippen LogP contribution in [-0.2, 0) is 9.53 Å². The lowest BCUT2D eigenvalue weighted by atomic mass is 9.99. The van der Waals surface area contributed by atoms with Gasteiger partial charge in [0.15, 0.2) is 6.67 Å². The summed E-state index contributed by atoms with van der Waals surface area (Å²) in [6.07, 6.45) is 2.03. The molecule has 0 saturated carbocycles. The fourth-order valence-electron chi connectivity index (χ4n) is 1.75. The Morgan fingerprint density at radius 1 is 1.69 bits per heavy atom. The zero-order valence-electron chi connectivity index (χ0n) is 7.96. The van der Waals surface area contributed by atoms with Crippen molar-refractivity contribution in [1.29, 1.82) is 0 Å². The molecule has 0 aromatic heterocycles. The highest BCUT2D eigenvalue weighted by molar-refractivity contribution is 5.77. The van der Waals surface area contributed by atoms with E-state index in [0.717, 1.165) is 12.8 Å². The van der Waals surface area contributed by atoms with Gasteiger partial charge in [0.05, 0.1) is 6.61 Å². The van der Waals surface area contributed by atoms with Crippen LogP contribution in [0.15, 0.2) is 0 Å². The molecule has 1 rings (SSSR count). The van der Waals surface area contributed by atoms with Gasteiger partial charge in [-0.2, -0.15) is 0 Å². The van der Waals surface area contributed by atoms with Gasteiger partial charge in [-0.3, -0.25) is 4.79 Å². The van der Waals surface area contributed by atoms with Gasteiger partial charge in [-0.25, -0.2) is 4.39 Å². The predicted molar refractivity (Wildman–Crippen MR) is 47.2 cm³/mol. The van der Waals surface area contributed by atoms with Crippen LogP contribution >= 0.6 is 0 Å². The molecule has 13 heavy (non-hydrogen) atoms. The van der Waals surface area contributed by atoms with Gasteiger partial charge >= 0.3 is 0 Å². The van der Waals surface area contributed by atoms with E-state index in [0.29, 0.717) is 25.6 Å². The van der Waals surface area contributed by atoms with Crippen LogP contribution in [0, 0.1) is 5.92 Å². The van der Waals surface area contributed by atoms with E-state index in [-0.39, 0.29) is 5.91 Å². The standard InChI is InChI=1S/C9H16FNO2/c1-13-7-8-3-2-4-11(6-8)9(12)5-10/h8H,2-7H2,1H3. The van der Waals surface area contributed by atoms with Gasteiger partial charge in [0.1, 0.15) is 0 Å². The van der Waals surface area contributed by atoms with Crippen molar-refractivity contribution in [3.63, 3.8) is 0 Å². The van der Waals surface area contributed by atoms with Crippen LogP contribution in [0.5, 0.6) is 0 Å². The van der Waals surface area contributed by atoms with Gasteiger partial charge in [-0.1, -0.05) is 0 Å². The molecule has 0 radical (unpaired) electrons. The van der Waals surface area contributed by atoms with Gasteiger partial charge in [0.25, 0.3) is 5.91 Å². The Morgan fingerprint density at radius 2 is 2.46 bits per heavy atom. The number of carbonyl (C=O) groups excluding carboxylic acids is 1. The van der Waals surface area contributed by atoms with Gasteiger partial charge in [0, 0.05) is 20.2 Å². The second kappa shape index (κ2) is 5.17. The molecule has 0 aromatic rings. The number of carbonyl (C=O) groups is 1. The maximum atomic E-state index is 12.1. The van der Waals surface area contributed by atoms with Crippen LogP contribution in [0.4, 0.5) is 4.39 Å². The number of methoxy groups -OCH3 is 1. The Morgan fingerprint density at radius 3 is 3.08 bits per heavy atom. The molecule has 0 aromatic carbocycles. The van der Waals surface area contributed by atoms with E-state index >= 15 is 0 Å². The first-order chi connectivity index (χ1) is 6.27. The number of nitrogens with zero attached hydrogens (tertiary/aromatic N) is 1. The van der Waals surface area contributed by atoms with Crippen LogP contribution in [0.3, 0.4) is 0 Å².